The molecule has 1 nitrogen and oxygen atoms in total. The van der Waals surface area contributed by atoms with Gasteiger partial charge in [0.25, 0.3) is 0 Å². The molecule has 1 heterocycles. The van der Waals surface area contributed by atoms with E-state index in [0.29, 0.717) is 0 Å². The second-order valence-corrected chi connectivity index (χ2v) is 6.47. The van der Waals surface area contributed by atoms with Crippen LogP contribution in [-0.2, 0) is 0 Å². The van der Waals surface area contributed by atoms with Crippen LogP contribution in [-0.4, -0.2) is 4.98 Å². The van der Waals surface area contributed by atoms with Gasteiger partial charge < -0.3 is 4.98 Å². The van der Waals surface area contributed by atoms with E-state index in [2.05, 4.69) is 71.7 Å². The number of benzene rings is 3. The molecule has 0 bridgehead atoms. The van der Waals surface area contributed by atoms with Crippen molar-refractivity contribution >= 4 is 22.5 Å². The summed E-state index contributed by atoms with van der Waals surface area (Å²) in [6, 6.07) is 25.5. The van der Waals surface area contributed by atoms with E-state index in [1.165, 1.54) is 33.3 Å². The van der Waals surface area contributed by atoms with Gasteiger partial charge in [0.2, 0.25) is 0 Å². The Bertz CT molecular complexity index is 1030. The van der Waals surface area contributed by atoms with E-state index in [9.17, 15) is 0 Å². The van der Waals surface area contributed by atoms with Crippen LogP contribution in [0.4, 0.5) is 0 Å². The molecule has 2 heteroatoms. The van der Waals surface area contributed by atoms with Crippen LogP contribution < -0.4 is 0 Å². The summed E-state index contributed by atoms with van der Waals surface area (Å²) in [6.45, 7) is 0. The molecule has 0 fully saturated rings. The number of halogens is 1. The molecule has 0 saturated heterocycles. The predicted molar refractivity (Wildman–Crippen MR) is 96.1 cm³/mol. The molecule has 0 spiro atoms. The van der Waals surface area contributed by atoms with Crippen molar-refractivity contribution < 1.29 is 0 Å². The van der Waals surface area contributed by atoms with Crippen molar-refractivity contribution in [2.24, 2.45) is 0 Å². The second kappa shape index (κ2) is 4.74. The topological polar surface area (TPSA) is 15.8 Å². The van der Waals surface area contributed by atoms with Crippen molar-refractivity contribution in [3.8, 4) is 11.3 Å². The molecule has 110 valence electrons. The molecule has 5 rings (SSSR count). The van der Waals surface area contributed by atoms with Gasteiger partial charge in [0.05, 0.1) is 5.69 Å². The summed E-state index contributed by atoms with van der Waals surface area (Å²) in [5, 5.41) is 2.00. The van der Waals surface area contributed by atoms with Gasteiger partial charge >= 0.3 is 0 Å². The van der Waals surface area contributed by atoms with E-state index < -0.39 is 0 Å². The molecular weight excluding hydrogens is 302 g/mol. The summed E-state index contributed by atoms with van der Waals surface area (Å²) in [6.07, 6.45) is 0. The highest BCUT2D eigenvalue weighted by atomic mass is 35.5. The van der Waals surface area contributed by atoms with Crippen LogP contribution in [0.3, 0.4) is 0 Å². The lowest BCUT2D eigenvalue weighted by Gasteiger charge is -2.14. The summed E-state index contributed by atoms with van der Waals surface area (Å²) >= 11 is 6.27. The quantitative estimate of drug-likeness (QED) is 0.391. The number of aromatic nitrogens is 1. The molecule has 0 radical (unpaired) electrons. The van der Waals surface area contributed by atoms with Crippen LogP contribution in [0.25, 0.3) is 22.2 Å². The molecule has 3 aromatic carbocycles. The number of hydrogen-bond donors (Lipinski definition) is 1. The number of hydrogen-bond acceptors (Lipinski definition) is 0. The van der Waals surface area contributed by atoms with E-state index >= 15 is 0 Å². The average molecular weight is 316 g/mol. The number of H-pyrrole nitrogens is 1. The molecule has 0 aliphatic heterocycles. The third-order valence-corrected chi connectivity index (χ3v) is 5.00. The first-order valence-electron chi connectivity index (χ1n) is 7.78. The van der Waals surface area contributed by atoms with Gasteiger partial charge in [-0.3, -0.25) is 0 Å². The first-order chi connectivity index (χ1) is 11.3. The van der Waals surface area contributed by atoms with Crippen LogP contribution in [0, 0.1) is 0 Å². The molecule has 0 saturated carbocycles. The normalized spacial score (nSPS) is 15.6. The lowest BCUT2D eigenvalue weighted by molar-refractivity contribution is 1.03. The minimum absolute atomic E-state index is 0.259. The molecule has 23 heavy (non-hydrogen) atoms. The Labute approximate surface area is 139 Å². The van der Waals surface area contributed by atoms with E-state index in [1.807, 2.05) is 6.07 Å². The van der Waals surface area contributed by atoms with Crippen LogP contribution >= 0.6 is 11.6 Å². The smallest absolute Gasteiger partial charge is 0.0510 e. The lowest BCUT2D eigenvalue weighted by Crippen LogP contribution is -1.98. The Morgan fingerprint density at radius 1 is 0.826 bits per heavy atom. The first-order valence-corrected chi connectivity index (χ1v) is 8.16. The summed E-state index contributed by atoms with van der Waals surface area (Å²) in [5.41, 5.74) is 7.70. The van der Waals surface area contributed by atoms with Gasteiger partial charge in [0.15, 0.2) is 0 Å². The maximum Gasteiger partial charge on any atom is 0.0510 e. The highest BCUT2D eigenvalue weighted by Gasteiger charge is 2.33. The van der Waals surface area contributed by atoms with Gasteiger partial charge in [0.1, 0.15) is 0 Å². The van der Waals surface area contributed by atoms with E-state index in [0.717, 1.165) is 10.5 Å². The van der Waals surface area contributed by atoms with E-state index in [1.54, 1.807) is 0 Å². The Hall–Kier alpha value is -2.51. The Morgan fingerprint density at radius 2 is 1.61 bits per heavy atom. The maximum atomic E-state index is 6.27. The third kappa shape index (κ3) is 1.80. The van der Waals surface area contributed by atoms with Crippen LogP contribution in [0.5, 0.6) is 0 Å². The predicted octanol–water partition coefficient (Wildman–Crippen LogP) is 5.98. The summed E-state index contributed by atoms with van der Waals surface area (Å²) < 4.78 is 0. The first kappa shape index (κ1) is 13.0. The van der Waals surface area contributed by atoms with Gasteiger partial charge in [-0.2, -0.15) is 0 Å². The van der Waals surface area contributed by atoms with Gasteiger partial charge in [0, 0.05) is 27.4 Å². The van der Waals surface area contributed by atoms with E-state index in [4.69, 9.17) is 11.6 Å². The highest BCUT2D eigenvalue weighted by molar-refractivity contribution is 6.31. The fraction of sp³-hybridized carbons (Fsp3) is 0.0476. The molecule has 1 atom stereocenters. The zero-order valence-electron chi connectivity index (χ0n) is 12.4. The number of aromatic amines is 1. The molecule has 1 aliphatic carbocycles. The molecule has 4 aromatic rings. The minimum Gasteiger partial charge on any atom is -0.354 e. The fourth-order valence-electron chi connectivity index (χ4n) is 3.82. The molecule has 1 unspecified atom stereocenters. The summed E-state index contributed by atoms with van der Waals surface area (Å²) in [5.74, 6) is 0.259. The van der Waals surface area contributed by atoms with Crippen molar-refractivity contribution in [2.45, 2.75) is 5.92 Å². The number of nitrogens with one attached hydrogen (secondary N) is 1. The Kier molecular flexibility index (Phi) is 2.67. The number of rotatable bonds is 1. The number of fused-ring (bicyclic) bond motifs is 5. The molecular formula is C21H14ClN. The largest absolute Gasteiger partial charge is 0.354 e. The van der Waals surface area contributed by atoms with Gasteiger partial charge in [-0.1, -0.05) is 66.2 Å². The standard InChI is InChI=1S/C21H14ClN/c22-14-10-11-18-17(12-14)20-19(13-6-2-1-3-7-13)15-8-4-5-9-16(15)21(20)23-18/h1-12,19,23H. The maximum absolute atomic E-state index is 6.27. The monoisotopic (exact) mass is 315 g/mol. The zero-order chi connectivity index (χ0) is 15.4. The Balaban J connectivity index is 1.89. The van der Waals surface area contributed by atoms with Crippen molar-refractivity contribution in [1.82, 2.24) is 4.98 Å². The van der Waals surface area contributed by atoms with Gasteiger partial charge in [-0.25, -0.2) is 0 Å². The molecule has 1 aromatic heterocycles. The third-order valence-electron chi connectivity index (χ3n) is 4.76. The highest BCUT2D eigenvalue weighted by Crippen LogP contribution is 2.50. The van der Waals surface area contributed by atoms with E-state index in [-0.39, 0.29) is 5.92 Å². The van der Waals surface area contributed by atoms with Crippen LogP contribution in [0.15, 0.2) is 72.8 Å². The van der Waals surface area contributed by atoms with Crippen molar-refractivity contribution in [2.75, 3.05) is 0 Å². The van der Waals surface area contributed by atoms with Crippen molar-refractivity contribution in [3.05, 3.63) is 94.5 Å². The summed E-state index contributed by atoms with van der Waals surface area (Å²) in [7, 11) is 0. The van der Waals surface area contributed by atoms with Gasteiger partial charge in [-0.15, -0.1) is 0 Å². The fourth-order valence-corrected chi connectivity index (χ4v) is 3.99. The van der Waals surface area contributed by atoms with Gasteiger partial charge in [-0.05, 0) is 34.9 Å². The average Bonchev–Trinajstić information content (AvgIpc) is 3.10. The van der Waals surface area contributed by atoms with Crippen molar-refractivity contribution in [1.29, 1.82) is 0 Å². The van der Waals surface area contributed by atoms with Crippen molar-refractivity contribution in [3.63, 3.8) is 0 Å². The second-order valence-electron chi connectivity index (χ2n) is 6.03. The van der Waals surface area contributed by atoms with Crippen LogP contribution in [0.2, 0.25) is 5.02 Å². The SMILES string of the molecule is Clc1ccc2[nH]c3c(c2c1)C(c1ccccc1)c1ccccc1-3. The molecule has 1 N–H and O–H groups in total. The Morgan fingerprint density at radius 3 is 2.48 bits per heavy atom. The minimum atomic E-state index is 0.259. The zero-order valence-corrected chi connectivity index (χ0v) is 13.1. The summed E-state index contributed by atoms with van der Waals surface area (Å²) in [4.78, 5) is 3.60. The molecule has 1 aliphatic rings. The molecule has 0 amide bonds. The van der Waals surface area contributed by atoms with Crippen LogP contribution in [0.1, 0.15) is 22.6 Å². The lowest BCUT2D eigenvalue weighted by atomic mass is 9.88.